The molecule has 2 aliphatic rings. The fourth-order valence-electron chi connectivity index (χ4n) is 3.29. The first-order valence-corrected chi connectivity index (χ1v) is 9.49. The highest BCUT2D eigenvalue weighted by molar-refractivity contribution is 5.89. The van der Waals surface area contributed by atoms with Crippen LogP contribution in [0.4, 0.5) is 0 Å². The highest BCUT2D eigenvalue weighted by Crippen LogP contribution is 2.26. The van der Waals surface area contributed by atoms with Crippen molar-refractivity contribution in [3.05, 3.63) is 35.9 Å². The molecule has 0 saturated carbocycles. The normalized spacial score (nSPS) is 39.5. The molecule has 6 N–H and O–H groups in total. The first kappa shape index (κ1) is 23.0. The van der Waals surface area contributed by atoms with Crippen molar-refractivity contribution in [1.82, 2.24) is 0 Å². The number of carbonyl (C=O) groups excluding carboxylic acids is 1. The molecule has 0 aliphatic carbocycles. The summed E-state index contributed by atoms with van der Waals surface area (Å²) in [6, 6.07) is 8.12. The van der Waals surface area contributed by atoms with Crippen molar-refractivity contribution in [2.75, 3.05) is 19.8 Å². The van der Waals surface area contributed by atoms with Gasteiger partial charge < -0.3 is 49.6 Å². The van der Waals surface area contributed by atoms with Crippen LogP contribution in [0.25, 0.3) is 0 Å². The van der Waals surface area contributed by atoms with Gasteiger partial charge in [0.2, 0.25) is 0 Å². The standard InChI is InChI=1S/C19H26O11/c20-6-10-13(21)14(22)11(7-27-10)29-19-17(25)16(24)15(23)12(30-19)8-28-18(26)9-4-2-1-3-5-9/h1-5,10-17,19-25H,6-8H2/t10-,11?,12?,13+,14?,15?,16?,17?,19?/m0/s1. The molecule has 0 spiro atoms. The summed E-state index contributed by atoms with van der Waals surface area (Å²) in [6.07, 6.45) is -12.7. The number of rotatable bonds is 6. The molecule has 11 heteroatoms. The molecular weight excluding hydrogens is 404 g/mol. The lowest BCUT2D eigenvalue weighted by molar-refractivity contribution is -0.331. The van der Waals surface area contributed by atoms with Crippen molar-refractivity contribution in [1.29, 1.82) is 0 Å². The number of hydrogen-bond donors (Lipinski definition) is 6. The molecule has 11 nitrogen and oxygen atoms in total. The Balaban J connectivity index is 1.61. The van der Waals surface area contributed by atoms with E-state index in [9.17, 15) is 30.3 Å². The van der Waals surface area contributed by atoms with Crippen molar-refractivity contribution in [3.8, 4) is 0 Å². The maximum Gasteiger partial charge on any atom is 0.338 e. The van der Waals surface area contributed by atoms with Crippen LogP contribution in [-0.2, 0) is 18.9 Å². The SMILES string of the molecule is O=C(OCC1OC(OC2CO[C@@H](CO)[C@@H](O)C2O)C(O)C(O)C1O)c1ccccc1. The van der Waals surface area contributed by atoms with E-state index in [0.29, 0.717) is 0 Å². The molecule has 0 aromatic heterocycles. The average molecular weight is 430 g/mol. The van der Waals surface area contributed by atoms with Crippen LogP contribution in [-0.4, -0.2) is 112 Å². The van der Waals surface area contributed by atoms with Gasteiger partial charge in [-0.15, -0.1) is 0 Å². The molecule has 0 radical (unpaired) electrons. The first-order valence-electron chi connectivity index (χ1n) is 9.49. The summed E-state index contributed by atoms with van der Waals surface area (Å²) >= 11 is 0. The van der Waals surface area contributed by atoms with Gasteiger partial charge in [-0.25, -0.2) is 4.79 Å². The number of aliphatic hydroxyl groups is 6. The van der Waals surface area contributed by atoms with Gasteiger partial charge in [0, 0.05) is 0 Å². The highest BCUT2D eigenvalue weighted by atomic mass is 16.7. The van der Waals surface area contributed by atoms with Gasteiger partial charge in [0.25, 0.3) is 0 Å². The van der Waals surface area contributed by atoms with Gasteiger partial charge >= 0.3 is 5.97 Å². The second kappa shape index (κ2) is 10.1. The summed E-state index contributed by atoms with van der Waals surface area (Å²) in [5.41, 5.74) is 0.283. The fraction of sp³-hybridized carbons (Fsp3) is 0.632. The molecule has 1 aromatic rings. The third kappa shape index (κ3) is 4.97. The zero-order chi connectivity index (χ0) is 21.8. The van der Waals surface area contributed by atoms with Crippen molar-refractivity contribution < 1.29 is 54.4 Å². The van der Waals surface area contributed by atoms with E-state index in [4.69, 9.17) is 24.1 Å². The molecule has 2 fully saturated rings. The number of benzene rings is 1. The number of esters is 1. The number of aliphatic hydroxyl groups excluding tert-OH is 6. The molecule has 2 heterocycles. The lowest BCUT2D eigenvalue weighted by Gasteiger charge is -2.43. The molecule has 30 heavy (non-hydrogen) atoms. The first-order chi connectivity index (χ1) is 14.3. The second-order valence-electron chi connectivity index (χ2n) is 7.19. The van der Waals surface area contributed by atoms with Gasteiger partial charge in [-0.2, -0.15) is 0 Å². The average Bonchev–Trinajstić information content (AvgIpc) is 2.76. The van der Waals surface area contributed by atoms with Crippen molar-refractivity contribution in [2.45, 2.75) is 55.1 Å². The van der Waals surface area contributed by atoms with E-state index in [-0.39, 0.29) is 12.2 Å². The van der Waals surface area contributed by atoms with Crippen molar-refractivity contribution in [2.24, 2.45) is 0 Å². The Bertz CT molecular complexity index is 686. The lowest BCUT2D eigenvalue weighted by atomic mass is 9.98. The van der Waals surface area contributed by atoms with Gasteiger partial charge in [0.1, 0.15) is 55.4 Å². The van der Waals surface area contributed by atoms with E-state index < -0.39 is 74.3 Å². The minimum absolute atomic E-state index is 0.220. The molecule has 2 saturated heterocycles. The summed E-state index contributed by atoms with van der Waals surface area (Å²) < 4.78 is 21.2. The van der Waals surface area contributed by atoms with Crippen LogP contribution in [0.5, 0.6) is 0 Å². The summed E-state index contributed by atoms with van der Waals surface area (Å²) in [4.78, 5) is 12.1. The third-order valence-corrected chi connectivity index (χ3v) is 5.13. The molecule has 3 rings (SSSR count). The zero-order valence-corrected chi connectivity index (χ0v) is 15.9. The van der Waals surface area contributed by atoms with E-state index >= 15 is 0 Å². The molecule has 1 aromatic carbocycles. The van der Waals surface area contributed by atoms with E-state index in [2.05, 4.69) is 0 Å². The van der Waals surface area contributed by atoms with Gasteiger partial charge in [-0.1, -0.05) is 18.2 Å². The van der Waals surface area contributed by atoms with Gasteiger partial charge in [-0.3, -0.25) is 0 Å². The van der Waals surface area contributed by atoms with Gasteiger partial charge in [-0.05, 0) is 12.1 Å². The van der Waals surface area contributed by atoms with E-state index in [0.717, 1.165) is 0 Å². The molecule has 2 aliphatic heterocycles. The summed E-state index contributed by atoms with van der Waals surface area (Å²) in [6.45, 7) is -1.16. The molecule has 0 bridgehead atoms. The summed E-state index contributed by atoms with van der Waals surface area (Å²) in [7, 11) is 0. The smallest absolute Gasteiger partial charge is 0.338 e. The minimum Gasteiger partial charge on any atom is -0.459 e. The van der Waals surface area contributed by atoms with E-state index in [1.165, 1.54) is 0 Å². The number of ether oxygens (including phenoxy) is 4. The number of carbonyl (C=O) groups is 1. The van der Waals surface area contributed by atoms with Crippen LogP contribution in [0.1, 0.15) is 10.4 Å². The second-order valence-corrected chi connectivity index (χ2v) is 7.19. The van der Waals surface area contributed by atoms with Crippen LogP contribution >= 0.6 is 0 Å². The quantitative estimate of drug-likeness (QED) is 0.256. The maximum atomic E-state index is 12.1. The van der Waals surface area contributed by atoms with E-state index in [1.807, 2.05) is 0 Å². The predicted octanol–water partition coefficient (Wildman–Crippen LogP) is -2.85. The van der Waals surface area contributed by atoms with Crippen LogP contribution in [0.15, 0.2) is 30.3 Å². The van der Waals surface area contributed by atoms with E-state index in [1.54, 1.807) is 30.3 Å². The summed E-state index contributed by atoms with van der Waals surface area (Å²) in [5, 5.41) is 59.6. The Morgan fingerprint density at radius 3 is 2.27 bits per heavy atom. The van der Waals surface area contributed by atoms with Crippen LogP contribution < -0.4 is 0 Å². The fourth-order valence-corrected chi connectivity index (χ4v) is 3.29. The molecule has 9 atom stereocenters. The predicted molar refractivity (Wildman–Crippen MR) is 97.1 cm³/mol. The molecule has 168 valence electrons. The lowest BCUT2D eigenvalue weighted by Crippen LogP contribution is -2.62. The Morgan fingerprint density at radius 2 is 1.60 bits per heavy atom. The van der Waals surface area contributed by atoms with Crippen LogP contribution in [0.2, 0.25) is 0 Å². The monoisotopic (exact) mass is 430 g/mol. The Kier molecular flexibility index (Phi) is 7.74. The Morgan fingerprint density at radius 1 is 0.933 bits per heavy atom. The maximum absolute atomic E-state index is 12.1. The Hall–Kier alpha value is -1.67. The topological polar surface area (TPSA) is 175 Å². The van der Waals surface area contributed by atoms with Crippen molar-refractivity contribution >= 4 is 5.97 Å². The van der Waals surface area contributed by atoms with Gasteiger partial charge in [0.15, 0.2) is 6.29 Å². The molecule has 7 unspecified atom stereocenters. The minimum atomic E-state index is -1.68. The molecular formula is C19H26O11. The van der Waals surface area contributed by atoms with Crippen LogP contribution in [0, 0.1) is 0 Å². The summed E-state index contributed by atoms with van der Waals surface area (Å²) in [5.74, 6) is -0.668. The number of hydrogen-bond acceptors (Lipinski definition) is 11. The van der Waals surface area contributed by atoms with Crippen LogP contribution in [0.3, 0.4) is 0 Å². The van der Waals surface area contributed by atoms with Gasteiger partial charge in [0.05, 0.1) is 18.8 Å². The highest BCUT2D eigenvalue weighted by Gasteiger charge is 2.48. The molecule has 0 amide bonds. The Labute approximate surface area is 172 Å². The third-order valence-electron chi connectivity index (χ3n) is 5.13. The largest absolute Gasteiger partial charge is 0.459 e. The zero-order valence-electron chi connectivity index (χ0n) is 15.9. The van der Waals surface area contributed by atoms with Crippen molar-refractivity contribution in [3.63, 3.8) is 0 Å².